The summed E-state index contributed by atoms with van der Waals surface area (Å²) in [5.74, 6) is 0.474. The molecule has 0 spiro atoms. The molecule has 0 unspecified atom stereocenters. The topological polar surface area (TPSA) is 97.5 Å². The van der Waals surface area contributed by atoms with Gasteiger partial charge in [0.25, 0.3) is 0 Å². The first-order valence-electron chi connectivity index (χ1n) is 5.68. The second-order valence-corrected chi connectivity index (χ2v) is 4.27. The Morgan fingerprint density at radius 3 is 2.95 bits per heavy atom. The molecule has 92 valence electrons. The van der Waals surface area contributed by atoms with E-state index in [4.69, 9.17) is 0 Å². The van der Waals surface area contributed by atoms with Crippen molar-refractivity contribution in [3.63, 3.8) is 0 Å². The second-order valence-electron chi connectivity index (χ2n) is 4.27. The zero-order valence-corrected chi connectivity index (χ0v) is 9.94. The largest absolute Gasteiger partial charge is 0.208 e. The van der Waals surface area contributed by atoms with Crippen molar-refractivity contribution in [3.05, 3.63) is 29.8 Å². The summed E-state index contributed by atoms with van der Waals surface area (Å²) >= 11 is 0. The summed E-state index contributed by atoms with van der Waals surface area (Å²) in [6.07, 6.45) is 0. The van der Waals surface area contributed by atoms with E-state index in [0.29, 0.717) is 11.5 Å². The van der Waals surface area contributed by atoms with Crippen molar-refractivity contribution in [1.82, 2.24) is 40.7 Å². The monoisotopic (exact) mass is 252 g/mol. The van der Waals surface area contributed by atoms with E-state index in [0.717, 1.165) is 22.0 Å². The van der Waals surface area contributed by atoms with Crippen molar-refractivity contribution >= 4 is 16.6 Å². The van der Waals surface area contributed by atoms with Crippen molar-refractivity contribution in [3.8, 4) is 11.4 Å². The summed E-state index contributed by atoms with van der Waals surface area (Å²) in [7, 11) is 0. The van der Waals surface area contributed by atoms with Gasteiger partial charge in [0.15, 0.2) is 5.65 Å². The molecule has 0 aliphatic heterocycles. The number of rotatable bonds is 1. The van der Waals surface area contributed by atoms with Gasteiger partial charge in [-0.3, -0.25) is 0 Å². The molecule has 0 radical (unpaired) electrons. The molecule has 0 aliphatic rings. The van der Waals surface area contributed by atoms with E-state index in [-0.39, 0.29) is 0 Å². The van der Waals surface area contributed by atoms with Gasteiger partial charge < -0.3 is 0 Å². The minimum atomic E-state index is 0.474. The van der Waals surface area contributed by atoms with Crippen LogP contribution < -0.4 is 0 Å². The van der Waals surface area contributed by atoms with Gasteiger partial charge in [0.2, 0.25) is 5.82 Å². The van der Waals surface area contributed by atoms with E-state index in [2.05, 4.69) is 36.1 Å². The summed E-state index contributed by atoms with van der Waals surface area (Å²) in [6.45, 7) is 2.03. The first-order valence-corrected chi connectivity index (χ1v) is 5.68. The molecule has 19 heavy (non-hydrogen) atoms. The summed E-state index contributed by atoms with van der Waals surface area (Å²) in [6, 6.07) is 8.07. The fourth-order valence-corrected chi connectivity index (χ4v) is 2.14. The molecule has 0 bridgehead atoms. The number of H-pyrrole nitrogens is 1. The lowest BCUT2D eigenvalue weighted by molar-refractivity contribution is 0.841. The molecule has 0 amide bonds. The van der Waals surface area contributed by atoms with Gasteiger partial charge in [0, 0.05) is 5.39 Å². The molecule has 1 N–H and O–H groups in total. The predicted octanol–water partition coefficient (Wildman–Crippen LogP) is 0.766. The first kappa shape index (κ1) is 10.1. The van der Waals surface area contributed by atoms with Crippen LogP contribution in [0.5, 0.6) is 0 Å². The highest BCUT2D eigenvalue weighted by molar-refractivity contribution is 5.89. The van der Waals surface area contributed by atoms with Crippen LogP contribution in [0.4, 0.5) is 0 Å². The Morgan fingerprint density at radius 2 is 2.11 bits per heavy atom. The van der Waals surface area contributed by atoms with Crippen LogP contribution in [0, 0.1) is 6.92 Å². The highest BCUT2D eigenvalue weighted by Gasteiger charge is 2.14. The molecule has 4 aromatic rings. The number of aromatic amines is 1. The minimum absolute atomic E-state index is 0.474. The standard InChI is InChI=1S/C11H8N8/c1-6-2-3-7-5-8(10-12-15-16-13-10)11-14-17-18-19(11)9(7)4-6/h2-5H,1H3,(H,12,13,15,16). The number of hydrogen-bond acceptors (Lipinski definition) is 6. The van der Waals surface area contributed by atoms with Crippen molar-refractivity contribution in [2.24, 2.45) is 0 Å². The fraction of sp³-hybridized carbons (Fsp3) is 0.0909. The van der Waals surface area contributed by atoms with Gasteiger partial charge in [-0.2, -0.15) is 9.73 Å². The van der Waals surface area contributed by atoms with E-state index in [1.165, 1.54) is 0 Å². The maximum absolute atomic E-state index is 4.03. The Hall–Kier alpha value is -2.90. The quantitative estimate of drug-likeness (QED) is 0.537. The van der Waals surface area contributed by atoms with Gasteiger partial charge in [-0.05, 0) is 40.3 Å². The number of tetrazole rings is 2. The molecule has 3 aromatic heterocycles. The van der Waals surface area contributed by atoms with Crippen LogP contribution in [0.25, 0.3) is 27.9 Å². The first-order chi connectivity index (χ1) is 9.33. The van der Waals surface area contributed by atoms with Crippen molar-refractivity contribution in [1.29, 1.82) is 0 Å². The number of fused-ring (bicyclic) bond motifs is 3. The molecule has 0 atom stereocenters. The van der Waals surface area contributed by atoms with Crippen LogP contribution in [0.1, 0.15) is 5.56 Å². The molecule has 0 fully saturated rings. The average Bonchev–Trinajstić information content (AvgIpc) is 3.09. The molecule has 3 heterocycles. The van der Waals surface area contributed by atoms with Gasteiger partial charge >= 0.3 is 0 Å². The highest BCUT2D eigenvalue weighted by Crippen LogP contribution is 2.25. The lowest BCUT2D eigenvalue weighted by Crippen LogP contribution is -1.95. The molecular formula is C11H8N8. The summed E-state index contributed by atoms with van der Waals surface area (Å²) in [5, 5.41) is 26.8. The maximum Gasteiger partial charge on any atom is 0.208 e. The second kappa shape index (κ2) is 3.55. The highest BCUT2D eigenvalue weighted by atomic mass is 15.5. The number of aromatic nitrogens is 8. The molecule has 8 heteroatoms. The maximum atomic E-state index is 4.03. The lowest BCUT2D eigenvalue weighted by atomic mass is 10.1. The SMILES string of the molecule is Cc1ccc2cc(-c3nn[nH]n3)c3nnnn3c2c1. The van der Waals surface area contributed by atoms with Crippen LogP contribution in [-0.2, 0) is 0 Å². The summed E-state index contributed by atoms with van der Waals surface area (Å²) < 4.78 is 1.69. The molecular weight excluding hydrogens is 244 g/mol. The summed E-state index contributed by atoms with van der Waals surface area (Å²) in [5.41, 5.74) is 3.46. The molecule has 8 nitrogen and oxygen atoms in total. The van der Waals surface area contributed by atoms with Gasteiger partial charge in [-0.1, -0.05) is 12.1 Å². The number of nitrogens with one attached hydrogen (secondary N) is 1. The predicted molar refractivity (Wildman–Crippen MR) is 66.2 cm³/mol. The van der Waals surface area contributed by atoms with Gasteiger partial charge in [0.05, 0.1) is 11.1 Å². The van der Waals surface area contributed by atoms with Crippen molar-refractivity contribution < 1.29 is 0 Å². The number of pyridine rings is 1. The van der Waals surface area contributed by atoms with Crippen LogP contribution in [0.15, 0.2) is 24.3 Å². The minimum Gasteiger partial charge on any atom is -0.192 e. The molecule has 0 aliphatic carbocycles. The van der Waals surface area contributed by atoms with Crippen LogP contribution >= 0.6 is 0 Å². The molecule has 4 rings (SSSR count). The fourth-order valence-electron chi connectivity index (χ4n) is 2.14. The van der Waals surface area contributed by atoms with Gasteiger partial charge in [-0.15, -0.1) is 15.3 Å². The van der Waals surface area contributed by atoms with Crippen LogP contribution in [0.2, 0.25) is 0 Å². The molecule has 1 aromatic carbocycles. The zero-order valence-electron chi connectivity index (χ0n) is 9.94. The van der Waals surface area contributed by atoms with Crippen molar-refractivity contribution in [2.75, 3.05) is 0 Å². The molecule has 0 saturated carbocycles. The van der Waals surface area contributed by atoms with Crippen LogP contribution in [-0.4, -0.2) is 40.7 Å². The third-order valence-corrected chi connectivity index (χ3v) is 3.01. The Morgan fingerprint density at radius 1 is 1.16 bits per heavy atom. The van der Waals surface area contributed by atoms with E-state index in [1.54, 1.807) is 4.52 Å². The Bertz CT molecular complexity index is 876. The molecule has 0 saturated heterocycles. The summed E-state index contributed by atoms with van der Waals surface area (Å²) in [4.78, 5) is 0. The Labute approximate surface area is 106 Å². The van der Waals surface area contributed by atoms with Gasteiger partial charge in [-0.25, -0.2) is 0 Å². The number of hydrogen-bond donors (Lipinski definition) is 1. The zero-order chi connectivity index (χ0) is 12.8. The Balaban J connectivity index is 2.19. The smallest absolute Gasteiger partial charge is 0.192 e. The third-order valence-electron chi connectivity index (χ3n) is 3.01. The van der Waals surface area contributed by atoms with E-state index < -0.39 is 0 Å². The van der Waals surface area contributed by atoms with E-state index in [9.17, 15) is 0 Å². The number of nitrogens with zero attached hydrogens (tertiary/aromatic N) is 7. The lowest BCUT2D eigenvalue weighted by Gasteiger charge is -2.04. The third kappa shape index (κ3) is 1.39. The average molecular weight is 252 g/mol. The number of aryl methyl sites for hydroxylation is 1. The van der Waals surface area contributed by atoms with E-state index in [1.807, 2.05) is 31.2 Å². The van der Waals surface area contributed by atoms with E-state index >= 15 is 0 Å². The van der Waals surface area contributed by atoms with Crippen molar-refractivity contribution in [2.45, 2.75) is 6.92 Å². The number of benzene rings is 1. The van der Waals surface area contributed by atoms with Gasteiger partial charge in [0.1, 0.15) is 0 Å². The Kier molecular flexibility index (Phi) is 1.88. The van der Waals surface area contributed by atoms with Crippen LogP contribution in [0.3, 0.4) is 0 Å². The normalized spacial score (nSPS) is 11.4.